The summed E-state index contributed by atoms with van der Waals surface area (Å²) in [5.41, 5.74) is 0. The van der Waals surface area contributed by atoms with E-state index in [1.54, 1.807) is 0 Å². The Hall–Kier alpha value is -0.580. The molecular weight excluding hydrogens is 260 g/mol. The minimum atomic E-state index is -0.206. The van der Waals surface area contributed by atoms with E-state index in [4.69, 9.17) is 34.8 Å². The number of carbonyl (C=O) groups excluding carboxylic acids is 1. The monoisotopic (exact) mass is 265 g/mol. The van der Waals surface area contributed by atoms with Gasteiger partial charge in [0.05, 0.1) is 11.6 Å². The van der Waals surface area contributed by atoms with Gasteiger partial charge in [0, 0.05) is 13.0 Å². The molecule has 0 aromatic carbocycles. The number of anilines is 1. The first-order valence-electron chi connectivity index (χ1n) is 4.20. The van der Waals surface area contributed by atoms with Crippen LogP contribution >= 0.6 is 34.8 Å². The Balaban J connectivity index is 2.37. The first-order valence-corrected chi connectivity index (χ1v) is 5.39. The van der Waals surface area contributed by atoms with E-state index in [1.165, 1.54) is 11.1 Å². The summed E-state index contributed by atoms with van der Waals surface area (Å²) in [6.07, 6.45) is 1.65. The van der Waals surface area contributed by atoms with Crippen molar-refractivity contribution in [2.45, 2.75) is 11.8 Å². The SMILES string of the molecule is O=C1CC(Cl)CN1c1nc(Cl)ncc1Cl. The fourth-order valence-electron chi connectivity index (χ4n) is 1.40. The molecule has 1 fully saturated rings. The number of rotatable bonds is 1. The second-order valence-electron chi connectivity index (χ2n) is 3.12. The number of hydrogen-bond donors (Lipinski definition) is 0. The van der Waals surface area contributed by atoms with Gasteiger partial charge < -0.3 is 0 Å². The van der Waals surface area contributed by atoms with Crippen molar-refractivity contribution >= 4 is 46.5 Å². The molecule has 1 unspecified atom stereocenters. The van der Waals surface area contributed by atoms with E-state index in [1.807, 2.05) is 0 Å². The molecule has 2 rings (SSSR count). The van der Waals surface area contributed by atoms with Gasteiger partial charge in [-0.2, -0.15) is 4.98 Å². The fourth-order valence-corrected chi connectivity index (χ4v) is 1.99. The van der Waals surface area contributed by atoms with Crippen LogP contribution in [0.2, 0.25) is 10.3 Å². The molecule has 0 radical (unpaired) electrons. The lowest BCUT2D eigenvalue weighted by molar-refractivity contribution is -0.117. The van der Waals surface area contributed by atoms with Crippen LogP contribution < -0.4 is 4.90 Å². The Kier molecular flexibility index (Phi) is 3.00. The standard InChI is InChI=1S/C8H6Cl3N3O/c9-4-1-6(15)14(3-4)7-5(10)2-12-8(11)13-7/h2,4H,1,3H2. The van der Waals surface area contributed by atoms with Crippen LogP contribution in [0.15, 0.2) is 6.20 Å². The summed E-state index contributed by atoms with van der Waals surface area (Å²) in [5, 5.41) is 0.140. The molecule has 4 nitrogen and oxygen atoms in total. The smallest absolute Gasteiger partial charge is 0.229 e. The van der Waals surface area contributed by atoms with Crippen molar-refractivity contribution in [3.8, 4) is 0 Å². The number of carbonyl (C=O) groups is 1. The van der Waals surface area contributed by atoms with Crippen LogP contribution in [0.3, 0.4) is 0 Å². The zero-order valence-corrected chi connectivity index (χ0v) is 9.72. The van der Waals surface area contributed by atoms with Crippen molar-refractivity contribution in [3.63, 3.8) is 0 Å². The van der Waals surface area contributed by atoms with Gasteiger partial charge in [0.15, 0.2) is 5.82 Å². The lowest BCUT2D eigenvalue weighted by atomic mass is 10.4. The van der Waals surface area contributed by atoms with Gasteiger partial charge in [0.2, 0.25) is 11.2 Å². The topological polar surface area (TPSA) is 46.1 Å². The van der Waals surface area contributed by atoms with Crippen LogP contribution in [0.4, 0.5) is 5.82 Å². The molecule has 0 N–H and O–H groups in total. The molecule has 1 amide bonds. The van der Waals surface area contributed by atoms with Gasteiger partial charge in [-0.3, -0.25) is 9.69 Å². The van der Waals surface area contributed by atoms with E-state index in [0.29, 0.717) is 23.8 Å². The average Bonchev–Trinajstić information content (AvgIpc) is 2.50. The zero-order valence-electron chi connectivity index (χ0n) is 7.45. The molecule has 0 bridgehead atoms. The van der Waals surface area contributed by atoms with E-state index in [2.05, 4.69) is 9.97 Å². The number of amides is 1. The second-order valence-corrected chi connectivity index (χ2v) is 4.48. The Labute approximate surface area is 101 Å². The van der Waals surface area contributed by atoms with Crippen LogP contribution in [0.1, 0.15) is 6.42 Å². The second kappa shape index (κ2) is 4.12. The number of hydrogen-bond acceptors (Lipinski definition) is 3. The molecule has 2 heterocycles. The van der Waals surface area contributed by atoms with Gasteiger partial charge in [0.25, 0.3) is 0 Å². The highest BCUT2D eigenvalue weighted by molar-refractivity contribution is 6.34. The van der Waals surface area contributed by atoms with Gasteiger partial charge in [-0.25, -0.2) is 4.98 Å². The minimum Gasteiger partial charge on any atom is -0.294 e. The Bertz CT molecular complexity index is 412. The summed E-state index contributed by atoms with van der Waals surface area (Å²) in [6, 6.07) is 0. The maximum atomic E-state index is 11.5. The Morgan fingerprint density at radius 2 is 2.20 bits per heavy atom. The van der Waals surface area contributed by atoms with E-state index in [9.17, 15) is 4.79 Å². The normalized spacial score (nSPS) is 21.1. The lowest BCUT2D eigenvalue weighted by Gasteiger charge is -2.15. The molecular formula is C8H6Cl3N3O. The Morgan fingerprint density at radius 3 is 2.80 bits per heavy atom. The van der Waals surface area contributed by atoms with Gasteiger partial charge in [-0.15, -0.1) is 11.6 Å². The minimum absolute atomic E-state index is 0.0558. The third-order valence-corrected chi connectivity index (χ3v) is 2.77. The van der Waals surface area contributed by atoms with E-state index < -0.39 is 0 Å². The Morgan fingerprint density at radius 1 is 1.47 bits per heavy atom. The van der Waals surface area contributed by atoms with E-state index in [0.717, 1.165) is 0 Å². The van der Waals surface area contributed by atoms with Crippen molar-refractivity contribution < 1.29 is 4.79 Å². The molecule has 1 aromatic rings. The summed E-state index contributed by atoms with van der Waals surface area (Å²) in [4.78, 5) is 20.6. The molecule has 80 valence electrons. The van der Waals surface area contributed by atoms with Crippen LogP contribution in [-0.4, -0.2) is 27.8 Å². The third-order valence-electron chi connectivity index (χ3n) is 2.03. The van der Waals surface area contributed by atoms with E-state index in [-0.39, 0.29) is 16.6 Å². The van der Waals surface area contributed by atoms with Crippen molar-refractivity contribution in [2.75, 3.05) is 11.4 Å². The van der Waals surface area contributed by atoms with Crippen LogP contribution in [0.25, 0.3) is 0 Å². The van der Waals surface area contributed by atoms with Crippen LogP contribution in [0, 0.1) is 0 Å². The predicted octanol–water partition coefficient (Wildman–Crippen LogP) is 2.13. The molecule has 1 aliphatic rings. The van der Waals surface area contributed by atoms with Crippen LogP contribution in [0.5, 0.6) is 0 Å². The summed E-state index contributed by atoms with van der Waals surface area (Å²) >= 11 is 17.4. The van der Waals surface area contributed by atoms with Crippen molar-refractivity contribution in [2.24, 2.45) is 0 Å². The summed E-state index contributed by atoms with van der Waals surface area (Å²) in [6.45, 7) is 0.396. The molecule has 1 atom stereocenters. The van der Waals surface area contributed by atoms with Gasteiger partial charge in [-0.05, 0) is 11.6 Å². The molecule has 1 saturated heterocycles. The number of nitrogens with zero attached hydrogens (tertiary/aromatic N) is 3. The first-order chi connectivity index (χ1) is 7.08. The molecule has 0 spiro atoms. The number of alkyl halides is 1. The molecule has 1 aliphatic heterocycles. The summed E-state index contributed by atoms with van der Waals surface area (Å²) < 4.78 is 0. The third kappa shape index (κ3) is 2.17. The lowest BCUT2D eigenvalue weighted by Crippen LogP contribution is -2.26. The fraction of sp³-hybridized carbons (Fsp3) is 0.375. The van der Waals surface area contributed by atoms with Gasteiger partial charge >= 0.3 is 0 Å². The number of halogens is 3. The molecule has 0 aliphatic carbocycles. The number of aromatic nitrogens is 2. The molecule has 7 heteroatoms. The quantitative estimate of drug-likeness (QED) is 0.578. The molecule has 0 saturated carbocycles. The van der Waals surface area contributed by atoms with Gasteiger partial charge in [-0.1, -0.05) is 11.6 Å². The van der Waals surface area contributed by atoms with Gasteiger partial charge in [0.1, 0.15) is 5.02 Å². The maximum Gasteiger partial charge on any atom is 0.229 e. The highest BCUT2D eigenvalue weighted by Gasteiger charge is 2.31. The maximum absolute atomic E-state index is 11.5. The first kappa shape index (κ1) is 10.9. The highest BCUT2D eigenvalue weighted by atomic mass is 35.5. The van der Waals surface area contributed by atoms with Crippen molar-refractivity contribution in [1.29, 1.82) is 0 Å². The van der Waals surface area contributed by atoms with Crippen molar-refractivity contribution in [1.82, 2.24) is 9.97 Å². The average molecular weight is 267 g/mol. The highest BCUT2D eigenvalue weighted by Crippen LogP contribution is 2.28. The molecule has 1 aromatic heterocycles. The predicted molar refractivity (Wildman–Crippen MR) is 58.7 cm³/mol. The van der Waals surface area contributed by atoms with E-state index >= 15 is 0 Å². The van der Waals surface area contributed by atoms with Crippen LogP contribution in [-0.2, 0) is 4.79 Å². The largest absolute Gasteiger partial charge is 0.294 e. The summed E-state index contributed by atoms with van der Waals surface area (Å²) in [7, 11) is 0. The molecule has 15 heavy (non-hydrogen) atoms. The van der Waals surface area contributed by atoms with Crippen molar-refractivity contribution in [3.05, 3.63) is 16.5 Å². The summed E-state index contributed by atoms with van der Waals surface area (Å²) in [5.74, 6) is 0.219. The zero-order chi connectivity index (χ0) is 11.0.